The summed E-state index contributed by atoms with van der Waals surface area (Å²) in [6.07, 6.45) is 3.09. The summed E-state index contributed by atoms with van der Waals surface area (Å²) >= 11 is 0. The maximum atomic E-state index is 12.3. The monoisotopic (exact) mass is 297 g/mol. The number of hydrogen-bond acceptors (Lipinski definition) is 4. The molecule has 3 N–H and O–H groups in total. The Balaban J connectivity index is 2.20. The average molecular weight is 297 g/mol. The van der Waals surface area contributed by atoms with Crippen LogP contribution in [0.4, 0.5) is 0 Å². The lowest BCUT2D eigenvalue weighted by Crippen LogP contribution is -2.32. The number of nitrogens with zero attached hydrogens (tertiary/aromatic N) is 1. The van der Waals surface area contributed by atoms with Gasteiger partial charge in [0.1, 0.15) is 10.5 Å². The van der Waals surface area contributed by atoms with Gasteiger partial charge in [-0.1, -0.05) is 0 Å². The molecule has 2 heterocycles. The number of rotatable bonds is 6. The van der Waals surface area contributed by atoms with Gasteiger partial charge < -0.3 is 10.1 Å². The summed E-state index contributed by atoms with van der Waals surface area (Å²) in [6.45, 7) is 1.63. The molecule has 0 aliphatic heterocycles. The van der Waals surface area contributed by atoms with Gasteiger partial charge in [-0.3, -0.25) is 4.79 Å². The van der Waals surface area contributed by atoms with Crippen molar-refractivity contribution >= 4 is 27.0 Å². The number of H-pyrrole nitrogens is 1. The number of sulfonamides is 1. The fraction of sp³-hybridized carbons (Fsp3) is 0.333. The predicted molar refractivity (Wildman–Crippen MR) is 72.7 cm³/mol. The number of aromatic nitrogens is 2. The van der Waals surface area contributed by atoms with E-state index in [0.29, 0.717) is 11.0 Å². The zero-order valence-corrected chi connectivity index (χ0v) is 11.6. The van der Waals surface area contributed by atoms with Gasteiger partial charge >= 0.3 is 5.97 Å². The third-order valence-electron chi connectivity index (χ3n) is 2.85. The Morgan fingerprint density at radius 1 is 1.55 bits per heavy atom. The minimum atomic E-state index is -3.70. The smallest absolute Gasteiger partial charge is 0.303 e. The summed E-state index contributed by atoms with van der Waals surface area (Å²) in [5.41, 5.74) is 0.492. The highest BCUT2D eigenvalue weighted by Crippen LogP contribution is 2.21. The maximum Gasteiger partial charge on any atom is 0.303 e. The molecule has 0 radical (unpaired) electrons. The van der Waals surface area contributed by atoms with E-state index in [9.17, 15) is 13.2 Å². The molecule has 0 spiro atoms. The fourth-order valence-corrected chi connectivity index (χ4v) is 3.32. The Morgan fingerprint density at radius 3 is 3.00 bits per heavy atom. The molecule has 2 rings (SSSR count). The first-order chi connectivity index (χ1) is 9.40. The Morgan fingerprint density at radius 2 is 2.30 bits per heavy atom. The van der Waals surface area contributed by atoms with Crippen molar-refractivity contribution in [3.05, 3.63) is 24.5 Å². The molecule has 1 atom stereocenters. The molecule has 7 nitrogen and oxygen atoms in total. The first-order valence-corrected chi connectivity index (χ1v) is 7.54. The van der Waals surface area contributed by atoms with Crippen LogP contribution in [0, 0.1) is 0 Å². The van der Waals surface area contributed by atoms with Crippen LogP contribution in [0.2, 0.25) is 0 Å². The SMILES string of the molecule is CC(CCC(=O)O)NS(=O)(=O)c1c[nH]c2ncccc12. The van der Waals surface area contributed by atoms with Crippen molar-refractivity contribution in [2.75, 3.05) is 0 Å². The Labute approximate surface area is 116 Å². The highest BCUT2D eigenvalue weighted by atomic mass is 32.2. The minimum absolute atomic E-state index is 0.0842. The van der Waals surface area contributed by atoms with Crippen molar-refractivity contribution in [1.82, 2.24) is 14.7 Å². The molecular weight excluding hydrogens is 282 g/mol. The van der Waals surface area contributed by atoms with Crippen LogP contribution in [0.3, 0.4) is 0 Å². The summed E-state index contributed by atoms with van der Waals surface area (Å²) in [7, 11) is -3.70. The molecular formula is C12H15N3O4S. The summed E-state index contributed by atoms with van der Waals surface area (Å²) in [4.78, 5) is 17.4. The molecule has 8 heteroatoms. The molecule has 1 unspecified atom stereocenters. The Bertz CT molecular complexity index is 723. The van der Waals surface area contributed by atoms with Crippen molar-refractivity contribution in [1.29, 1.82) is 0 Å². The van der Waals surface area contributed by atoms with E-state index in [2.05, 4.69) is 14.7 Å². The van der Waals surface area contributed by atoms with Crippen LogP contribution in [0.1, 0.15) is 19.8 Å². The van der Waals surface area contributed by atoms with E-state index < -0.39 is 22.0 Å². The normalized spacial score (nSPS) is 13.4. The average Bonchev–Trinajstić information content (AvgIpc) is 2.80. The highest BCUT2D eigenvalue weighted by molar-refractivity contribution is 7.89. The lowest BCUT2D eigenvalue weighted by atomic mass is 10.2. The minimum Gasteiger partial charge on any atom is -0.481 e. The molecule has 0 aliphatic rings. The number of pyridine rings is 1. The van der Waals surface area contributed by atoms with Crippen LogP contribution in [0.5, 0.6) is 0 Å². The number of fused-ring (bicyclic) bond motifs is 1. The Kier molecular flexibility index (Phi) is 4.05. The quantitative estimate of drug-likeness (QED) is 0.739. The molecule has 2 aromatic heterocycles. The number of carboxylic acids is 1. The number of aromatic amines is 1. The van der Waals surface area contributed by atoms with Crippen LogP contribution in [-0.2, 0) is 14.8 Å². The summed E-state index contributed by atoms with van der Waals surface area (Å²) in [5, 5.41) is 9.10. The van der Waals surface area contributed by atoms with Crippen LogP contribution in [0.15, 0.2) is 29.4 Å². The van der Waals surface area contributed by atoms with Gasteiger partial charge in [0.25, 0.3) is 0 Å². The molecule has 20 heavy (non-hydrogen) atoms. The van der Waals surface area contributed by atoms with Gasteiger partial charge in [-0.05, 0) is 25.5 Å². The van der Waals surface area contributed by atoms with E-state index >= 15 is 0 Å². The number of aliphatic carboxylic acids is 1. The first kappa shape index (κ1) is 14.5. The molecule has 0 fully saturated rings. The van der Waals surface area contributed by atoms with Crippen LogP contribution in [-0.4, -0.2) is 35.5 Å². The number of nitrogens with one attached hydrogen (secondary N) is 2. The van der Waals surface area contributed by atoms with Crippen molar-refractivity contribution in [3.8, 4) is 0 Å². The Hall–Kier alpha value is -1.93. The number of hydrogen-bond donors (Lipinski definition) is 3. The molecule has 2 aromatic rings. The predicted octanol–water partition coefficient (Wildman–Crippen LogP) is 1.09. The van der Waals surface area contributed by atoms with Gasteiger partial charge in [-0.15, -0.1) is 0 Å². The van der Waals surface area contributed by atoms with Crippen molar-refractivity contribution in [2.24, 2.45) is 0 Å². The topological polar surface area (TPSA) is 112 Å². The van der Waals surface area contributed by atoms with Gasteiger partial charge in [0, 0.05) is 30.2 Å². The molecule has 0 saturated carbocycles. The molecule has 0 aliphatic carbocycles. The van der Waals surface area contributed by atoms with Gasteiger partial charge in [0.05, 0.1) is 0 Å². The number of carboxylic acid groups (broad SMARTS) is 1. The summed E-state index contributed by atoms with van der Waals surface area (Å²) in [5.74, 6) is -0.952. The van der Waals surface area contributed by atoms with E-state index in [1.807, 2.05) is 0 Å². The van der Waals surface area contributed by atoms with Gasteiger partial charge in [0.15, 0.2) is 0 Å². The summed E-state index contributed by atoms with van der Waals surface area (Å²) in [6, 6.07) is 2.86. The molecule has 0 amide bonds. The second-order valence-corrected chi connectivity index (χ2v) is 6.19. The van der Waals surface area contributed by atoms with E-state index in [1.54, 1.807) is 25.3 Å². The van der Waals surface area contributed by atoms with E-state index in [-0.39, 0.29) is 17.7 Å². The van der Waals surface area contributed by atoms with Crippen LogP contribution < -0.4 is 4.72 Å². The van der Waals surface area contributed by atoms with E-state index in [4.69, 9.17) is 5.11 Å². The van der Waals surface area contributed by atoms with Crippen LogP contribution in [0.25, 0.3) is 11.0 Å². The molecule has 108 valence electrons. The zero-order chi connectivity index (χ0) is 14.8. The zero-order valence-electron chi connectivity index (χ0n) is 10.8. The van der Waals surface area contributed by atoms with E-state index in [1.165, 1.54) is 6.20 Å². The maximum absolute atomic E-state index is 12.3. The molecule has 0 bridgehead atoms. The fourth-order valence-electron chi connectivity index (χ4n) is 1.88. The largest absolute Gasteiger partial charge is 0.481 e. The summed E-state index contributed by atoms with van der Waals surface area (Å²) < 4.78 is 27.0. The third kappa shape index (κ3) is 3.14. The second kappa shape index (κ2) is 5.59. The third-order valence-corrected chi connectivity index (χ3v) is 4.48. The molecule has 0 aromatic carbocycles. The van der Waals surface area contributed by atoms with Crippen molar-refractivity contribution in [2.45, 2.75) is 30.7 Å². The van der Waals surface area contributed by atoms with Gasteiger partial charge in [-0.2, -0.15) is 0 Å². The lowest BCUT2D eigenvalue weighted by Gasteiger charge is -2.12. The van der Waals surface area contributed by atoms with Crippen molar-refractivity contribution in [3.63, 3.8) is 0 Å². The number of carbonyl (C=O) groups is 1. The van der Waals surface area contributed by atoms with E-state index in [0.717, 1.165) is 0 Å². The van der Waals surface area contributed by atoms with Gasteiger partial charge in [0.2, 0.25) is 10.0 Å². The first-order valence-electron chi connectivity index (χ1n) is 6.06. The lowest BCUT2D eigenvalue weighted by molar-refractivity contribution is -0.137. The van der Waals surface area contributed by atoms with Crippen molar-refractivity contribution < 1.29 is 18.3 Å². The van der Waals surface area contributed by atoms with Crippen LogP contribution >= 0.6 is 0 Å². The molecule has 0 saturated heterocycles. The van der Waals surface area contributed by atoms with Gasteiger partial charge in [-0.25, -0.2) is 18.1 Å². The highest BCUT2D eigenvalue weighted by Gasteiger charge is 2.21. The second-order valence-electron chi connectivity index (χ2n) is 4.51. The standard InChI is InChI=1S/C12H15N3O4S/c1-8(4-5-11(16)17)15-20(18,19)10-7-14-12-9(10)3-2-6-13-12/h2-3,6-8,15H,4-5H2,1H3,(H,13,14)(H,16,17).